The Hall–Kier alpha value is -2.49. The van der Waals surface area contributed by atoms with Crippen LogP contribution in [-0.2, 0) is 13.0 Å². The minimum atomic E-state index is -0.977. The zero-order valence-corrected chi connectivity index (χ0v) is 13.6. The average molecular weight is 313 g/mol. The number of aryl methyl sites for hydroxylation is 1. The smallest absolute Gasteiger partial charge is 0.404 e. The third-order valence-electron chi connectivity index (χ3n) is 3.71. The minimum Gasteiger partial charge on any atom is -0.489 e. The van der Waals surface area contributed by atoms with Crippen LogP contribution < -0.4 is 10.1 Å². The Morgan fingerprint density at radius 2 is 1.91 bits per heavy atom. The summed E-state index contributed by atoms with van der Waals surface area (Å²) in [6, 6.07) is 16.0. The first-order valence-corrected chi connectivity index (χ1v) is 7.83. The van der Waals surface area contributed by atoms with Gasteiger partial charge in [0.15, 0.2) is 0 Å². The molecule has 23 heavy (non-hydrogen) atoms. The molecular weight excluding hydrogens is 290 g/mol. The van der Waals surface area contributed by atoms with Crippen LogP contribution in [0.25, 0.3) is 0 Å². The van der Waals surface area contributed by atoms with Crippen LogP contribution in [0.3, 0.4) is 0 Å². The molecule has 2 rings (SSSR count). The molecule has 0 radical (unpaired) electrons. The molecule has 4 heteroatoms. The predicted octanol–water partition coefficient (Wildman–Crippen LogP) is 4.16. The highest BCUT2D eigenvalue weighted by Crippen LogP contribution is 2.16. The number of rotatable bonds is 7. The van der Waals surface area contributed by atoms with Gasteiger partial charge in [-0.25, -0.2) is 4.79 Å². The standard InChI is InChI=1S/C19H23NO3/c1-3-17(20-19(21)22)12-15-7-9-18(10-8-15)23-13-16-6-4-5-14(2)11-16/h4-11,17,20H,3,12-13H2,1-2H3,(H,21,22). The van der Waals surface area contributed by atoms with E-state index in [0.717, 1.165) is 23.3 Å². The molecule has 4 nitrogen and oxygen atoms in total. The molecule has 0 aliphatic heterocycles. The maximum atomic E-state index is 10.7. The molecule has 0 bridgehead atoms. The lowest BCUT2D eigenvalue weighted by molar-refractivity contribution is 0.189. The number of hydrogen-bond donors (Lipinski definition) is 2. The highest BCUT2D eigenvalue weighted by atomic mass is 16.5. The number of carboxylic acid groups (broad SMARTS) is 1. The van der Waals surface area contributed by atoms with Crippen molar-refractivity contribution in [1.82, 2.24) is 5.32 Å². The van der Waals surface area contributed by atoms with Crippen LogP contribution in [0.1, 0.15) is 30.0 Å². The predicted molar refractivity (Wildman–Crippen MR) is 90.9 cm³/mol. The van der Waals surface area contributed by atoms with Crippen molar-refractivity contribution >= 4 is 6.09 Å². The van der Waals surface area contributed by atoms with Crippen molar-refractivity contribution in [2.45, 2.75) is 39.3 Å². The first-order chi connectivity index (χ1) is 11.1. The second-order valence-electron chi connectivity index (χ2n) is 5.68. The Balaban J connectivity index is 1.90. The van der Waals surface area contributed by atoms with Gasteiger partial charge in [-0.15, -0.1) is 0 Å². The van der Waals surface area contributed by atoms with Gasteiger partial charge in [-0.3, -0.25) is 0 Å². The summed E-state index contributed by atoms with van der Waals surface area (Å²) in [5.41, 5.74) is 3.46. The van der Waals surface area contributed by atoms with E-state index in [4.69, 9.17) is 9.84 Å². The highest BCUT2D eigenvalue weighted by molar-refractivity contribution is 5.64. The summed E-state index contributed by atoms with van der Waals surface area (Å²) in [7, 11) is 0. The fourth-order valence-corrected chi connectivity index (χ4v) is 2.45. The van der Waals surface area contributed by atoms with Crippen LogP contribution in [-0.4, -0.2) is 17.2 Å². The van der Waals surface area contributed by atoms with Gasteiger partial charge in [-0.05, 0) is 43.0 Å². The largest absolute Gasteiger partial charge is 0.489 e. The molecule has 122 valence electrons. The second kappa shape index (κ2) is 8.22. The van der Waals surface area contributed by atoms with Gasteiger partial charge >= 0.3 is 6.09 Å². The summed E-state index contributed by atoms with van der Waals surface area (Å²) in [6.45, 7) is 4.58. The topological polar surface area (TPSA) is 58.6 Å². The quantitative estimate of drug-likeness (QED) is 0.807. The van der Waals surface area contributed by atoms with Gasteiger partial charge in [-0.2, -0.15) is 0 Å². The number of ether oxygens (including phenoxy) is 1. The molecule has 1 amide bonds. The first kappa shape index (κ1) is 16.9. The third-order valence-corrected chi connectivity index (χ3v) is 3.71. The van der Waals surface area contributed by atoms with Gasteiger partial charge in [-0.1, -0.05) is 48.9 Å². The molecule has 0 spiro atoms. The Kier molecular flexibility index (Phi) is 6.03. The van der Waals surface area contributed by atoms with Crippen molar-refractivity contribution < 1.29 is 14.6 Å². The molecule has 2 aromatic rings. The summed E-state index contributed by atoms with van der Waals surface area (Å²) < 4.78 is 5.79. The van der Waals surface area contributed by atoms with Gasteiger partial charge in [0, 0.05) is 6.04 Å². The number of benzene rings is 2. The van der Waals surface area contributed by atoms with E-state index in [2.05, 4.69) is 24.4 Å². The SMILES string of the molecule is CCC(Cc1ccc(OCc2cccc(C)c2)cc1)NC(=O)O. The summed E-state index contributed by atoms with van der Waals surface area (Å²) >= 11 is 0. The number of hydrogen-bond acceptors (Lipinski definition) is 2. The molecule has 0 aromatic heterocycles. The van der Waals surface area contributed by atoms with Crippen molar-refractivity contribution in [3.63, 3.8) is 0 Å². The van der Waals surface area contributed by atoms with Gasteiger partial charge in [0.05, 0.1) is 0 Å². The van der Waals surface area contributed by atoms with E-state index in [-0.39, 0.29) is 6.04 Å². The molecule has 1 unspecified atom stereocenters. The molecule has 0 saturated carbocycles. The minimum absolute atomic E-state index is 0.0634. The Morgan fingerprint density at radius 1 is 1.17 bits per heavy atom. The van der Waals surface area contributed by atoms with Crippen LogP contribution >= 0.6 is 0 Å². The Morgan fingerprint density at radius 3 is 2.52 bits per heavy atom. The lowest BCUT2D eigenvalue weighted by Crippen LogP contribution is -2.34. The normalized spacial score (nSPS) is 11.7. The Bertz CT molecular complexity index is 637. The van der Waals surface area contributed by atoms with Gasteiger partial charge in [0.25, 0.3) is 0 Å². The maximum absolute atomic E-state index is 10.7. The average Bonchev–Trinajstić information content (AvgIpc) is 2.53. The fourth-order valence-electron chi connectivity index (χ4n) is 2.45. The molecule has 0 saturated heterocycles. The molecular formula is C19H23NO3. The molecule has 1 atom stereocenters. The zero-order valence-electron chi connectivity index (χ0n) is 13.6. The lowest BCUT2D eigenvalue weighted by atomic mass is 10.0. The van der Waals surface area contributed by atoms with E-state index in [9.17, 15) is 4.79 Å². The molecule has 0 aliphatic rings. The first-order valence-electron chi connectivity index (χ1n) is 7.83. The number of carbonyl (C=O) groups is 1. The van der Waals surface area contributed by atoms with Crippen molar-refractivity contribution in [3.8, 4) is 5.75 Å². The van der Waals surface area contributed by atoms with E-state index < -0.39 is 6.09 Å². The summed E-state index contributed by atoms with van der Waals surface area (Å²) in [4.78, 5) is 10.7. The summed E-state index contributed by atoms with van der Waals surface area (Å²) in [6.07, 6.45) is 0.466. The zero-order chi connectivity index (χ0) is 16.7. The molecule has 0 fully saturated rings. The van der Waals surface area contributed by atoms with E-state index in [1.807, 2.05) is 43.3 Å². The molecule has 0 aliphatic carbocycles. The lowest BCUT2D eigenvalue weighted by Gasteiger charge is -2.15. The monoisotopic (exact) mass is 313 g/mol. The second-order valence-corrected chi connectivity index (χ2v) is 5.68. The number of nitrogens with one attached hydrogen (secondary N) is 1. The van der Waals surface area contributed by atoms with Gasteiger partial charge in [0.1, 0.15) is 12.4 Å². The van der Waals surface area contributed by atoms with Gasteiger partial charge < -0.3 is 15.2 Å². The Labute approximate surface area is 137 Å². The molecule has 2 N–H and O–H groups in total. The highest BCUT2D eigenvalue weighted by Gasteiger charge is 2.10. The summed E-state index contributed by atoms with van der Waals surface area (Å²) in [5.74, 6) is 0.814. The van der Waals surface area contributed by atoms with Crippen LogP contribution in [0.2, 0.25) is 0 Å². The van der Waals surface area contributed by atoms with Crippen LogP contribution in [0.4, 0.5) is 4.79 Å². The maximum Gasteiger partial charge on any atom is 0.404 e. The van der Waals surface area contributed by atoms with E-state index in [1.54, 1.807) is 0 Å². The van der Waals surface area contributed by atoms with Crippen LogP contribution in [0, 0.1) is 6.92 Å². The van der Waals surface area contributed by atoms with Crippen molar-refractivity contribution in [3.05, 3.63) is 65.2 Å². The van der Waals surface area contributed by atoms with Crippen molar-refractivity contribution in [1.29, 1.82) is 0 Å². The van der Waals surface area contributed by atoms with Crippen molar-refractivity contribution in [2.75, 3.05) is 0 Å². The number of amides is 1. The molecule has 2 aromatic carbocycles. The van der Waals surface area contributed by atoms with E-state index in [0.29, 0.717) is 13.0 Å². The van der Waals surface area contributed by atoms with Crippen LogP contribution in [0.5, 0.6) is 5.75 Å². The third kappa shape index (κ3) is 5.66. The van der Waals surface area contributed by atoms with E-state index in [1.165, 1.54) is 5.56 Å². The van der Waals surface area contributed by atoms with Crippen LogP contribution in [0.15, 0.2) is 48.5 Å². The van der Waals surface area contributed by atoms with E-state index >= 15 is 0 Å². The summed E-state index contributed by atoms with van der Waals surface area (Å²) in [5, 5.41) is 11.3. The molecule has 0 heterocycles. The fraction of sp³-hybridized carbons (Fsp3) is 0.316. The van der Waals surface area contributed by atoms with Gasteiger partial charge in [0.2, 0.25) is 0 Å². The van der Waals surface area contributed by atoms with Crippen molar-refractivity contribution in [2.24, 2.45) is 0 Å².